The van der Waals surface area contributed by atoms with Crippen molar-refractivity contribution in [2.24, 2.45) is 0 Å². The number of piperidine rings is 1. The second kappa shape index (κ2) is 5.95. The van der Waals surface area contributed by atoms with Crippen molar-refractivity contribution in [3.8, 4) is 0 Å². The van der Waals surface area contributed by atoms with Crippen LogP contribution in [-0.4, -0.2) is 61.2 Å². The quantitative estimate of drug-likeness (QED) is 0.818. The lowest BCUT2D eigenvalue weighted by Crippen LogP contribution is -2.45. The van der Waals surface area contributed by atoms with Gasteiger partial charge in [-0.2, -0.15) is 4.98 Å². The maximum absolute atomic E-state index is 4.83. The van der Waals surface area contributed by atoms with Crippen LogP contribution in [0, 0.1) is 6.92 Å². The highest BCUT2D eigenvalue weighted by molar-refractivity contribution is 5.46. The summed E-state index contributed by atoms with van der Waals surface area (Å²) in [6.07, 6.45) is 3.87. The van der Waals surface area contributed by atoms with E-state index in [9.17, 15) is 0 Å². The Hall–Kier alpha value is -1.36. The van der Waals surface area contributed by atoms with E-state index in [4.69, 9.17) is 4.98 Å². The number of likely N-dealkylation sites (N-methyl/N-ethyl adjacent to an activating group) is 1. The SMILES string of the molecule is Cc1cc(N2CCN(C)CC2)nc(N2CCCCC2)n1. The molecular weight excluding hydrogens is 250 g/mol. The Kier molecular flexibility index (Phi) is 4.05. The summed E-state index contributed by atoms with van der Waals surface area (Å²) in [5.41, 5.74) is 1.08. The van der Waals surface area contributed by atoms with Crippen molar-refractivity contribution in [1.82, 2.24) is 14.9 Å². The van der Waals surface area contributed by atoms with Gasteiger partial charge < -0.3 is 14.7 Å². The molecule has 1 aromatic rings. The molecule has 5 nitrogen and oxygen atoms in total. The van der Waals surface area contributed by atoms with Crippen LogP contribution >= 0.6 is 0 Å². The predicted molar refractivity (Wildman–Crippen MR) is 82.5 cm³/mol. The first-order chi connectivity index (χ1) is 9.72. The zero-order valence-electron chi connectivity index (χ0n) is 12.7. The molecule has 20 heavy (non-hydrogen) atoms. The summed E-state index contributed by atoms with van der Waals surface area (Å²) in [5.74, 6) is 2.03. The van der Waals surface area contributed by atoms with Gasteiger partial charge in [-0.25, -0.2) is 4.98 Å². The zero-order valence-corrected chi connectivity index (χ0v) is 12.7. The number of piperazine rings is 1. The highest BCUT2D eigenvalue weighted by Crippen LogP contribution is 2.21. The first kappa shape index (κ1) is 13.6. The van der Waals surface area contributed by atoms with Crippen molar-refractivity contribution < 1.29 is 0 Å². The lowest BCUT2D eigenvalue weighted by Gasteiger charge is -2.34. The summed E-state index contributed by atoms with van der Waals surface area (Å²) >= 11 is 0. The number of hydrogen-bond donors (Lipinski definition) is 0. The Bertz CT molecular complexity index is 448. The maximum atomic E-state index is 4.83. The van der Waals surface area contributed by atoms with Crippen LogP contribution in [0.1, 0.15) is 25.0 Å². The maximum Gasteiger partial charge on any atom is 0.227 e. The van der Waals surface area contributed by atoms with E-state index >= 15 is 0 Å². The van der Waals surface area contributed by atoms with E-state index in [2.05, 4.69) is 39.7 Å². The average Bonchev–Trinajstić information content (AvgIpc) is 2.48. The smallest absolute Gasteiger partial charge is 0.227 e. The van der Waals surface area contributed by atoms with E-state index < -0.39 is 0 Å². The molecule has 0 aromatic carbocycles. The molecule has 0 aliphatic carbocycles. The molecule has 2 aliphatic rings. The highest BCUT2D eigenvalue weighted by atomic mass is 15.3. The Labute approximate surface area is 121 Å². The molecule has 0 bridgehead atoms. The number of aromatic nitrogens is 2. The second-order valence-electron chi connectivity index (χ2n) is 6.01. The van der Waals surface area contributed by atoms with Gasteiger partial charge in [0.15, 0.2) is 0 Å². The lowest BCUT2D eigenvalue weighted by molar-refractivity contribution is 0.312. The lowest BCUT2D eigenvalue weighted by atomic mass is 10.1. The fourth-order valence-electron chi connectivity index (χ4n) is 2.97. The number of nitrogens with zero attached hydrogens (tertiary/aromatic N) is 5. The molecule has 0 spiro atoms. The third-order valence-corrected chi connectivity index (χ3v) is 4.30. The Balaban J connectivity index is 1.79. The summed E-state index contributed by atoms with van der Waals surface area (Å²) in [6, 6.07) is 2.12. The topological polar surface area (TPSA) is 35.5 Å². The molecule has 0 amide bonds. The molecule has 2 saturated heterocycles. The van der Waals surface area contributed by atoms with Gasteiger partial charge >= 0.3 is 0 Å². The van der Waals surface area contributed by atoms with Gasteiger partial charge in [0.2, 0.25) is 5.95 Å². The summed E-state index contributed by atoms with van der Waals surface area (Å²) in [5, 5.41) is 0. The summed E-state index contributed by atoms with van der Waals surface area (Å²) in [4.78, 5) is 16.6. The van der Waals surface area contributed by atoms with Crippen LogP contribution in [0.2, 0.25) is 0 Å². The van der Waals surface area contributed by atoms with Crippen LogP contribution in [0.5, 0.6) is 0 Å². The average molecular weight is 275 g/mol. The van der Waals surface area contributed by atoms with Crippen LogP contribution in [0.3, 0.4) is 0 Å². The van der Waals surface area contributed by atoms with E-state index in [0.29, 0.717) is 0 Å². The largest absolute Gasteiger partial charge is 0.354 e. The first-order valence-corrected chi connectivity index (χ1v) is 7.76. The Morgan fingerprint density at radius 1 is 0.850 bits per heavy atom. The van der Waals surface area contributed by atoms with Gasteiger partial charge in [-0.05, 0) is 33.2 Å². The minimum Gasteiger partial charge on any atom is -0.354 e. The van der Waals surface area contributed by atoms with Gasteiger partial charge in [-0.3, -0.25) is 0 Å². The van der Waals surface area contributed by atoms with Crippen molar-refractivity contribution in [3.63, 3.8) is 0 Å². The van der Waals surface area contributed by atoms with Gasteiger partial charge in [0.25, 0.3) is 0 Å². The number of rotatable bonds is 2. The van der Waals surface area contributed by atoms with E-state index in [1.165, 1.54) is 19.3 Å². The van der Waals surface area contributed by atoms with Crippen molar-refractivity contribution >= 4 is 11.8 Å². The minimum atomic E-state index is 0.929. The molecule has 0 atom stereocenters. The van der Waals surface area contributed by atoms with Gasteiger partial charge in [-0.15, -0.1) is 0 Å². The number of hydrogen-bond acceptors (Lipinski definition) is 5. The molecule has 1 aromatic heterocycles. The molecule has 3 rings (SSSR count). The zero-order chi connectivity index (χ0) is 13.9. The number of aryl methyl sites for hydroxylation is 1. The highest BCUT2D eigenvalue weighted by Gasteiger charge is 2.19. The van der Waals surface area contributed by atoms with Crippen molar-refractivity contribution in [2.75, 3.05) is 56.1 Å². The van der Waals surface area contributed by atoms with E-state index in [0.717, 1.165) is 56.7 Å². The van der Waals surface area contributed by atoms with E-state index in [1.807, 2.05) is 0 Å². The Morgan fingerprint density at radius 2 is 1.55 bits per heavy atom. The standard InChI is InChI=1S/C15H25N5/c1-13-12-14(19-10-8-18(2)9-11-19)17-15(16-13)20-6-4-3-5-7-20/h12H,3-11H2,1-2H3. The van der Waals surface area contributed by atoms with Crippen LogP contribution < -0.4 is 9.80 Å². The molecule has 5 heteroatoms. The molecular formula is C15H25N5. The molecule has 2 fully saturated rings. The molecule has 0 saturated carbocycles. The predicted octanol–water partition coefficient (Wildman–Crippen LogP) is 1.53. The van der Waals surface area contributed by atoms with Gasteiger partial charge in [0.1, 0.15) is 5.82 Å². The molecule has 0 N–H and O–H groups in total. The van der Waals surface area contributed by atoms with E-state index in [-0.39, 0.29) is 0 Å². The van der Waals surface area contributed by atoms with Gasteiger partial charge in [0, 0.05) is 51.0 Å². The monoisotopic (exact) mass is 275 g/mol. The summed E-state index contributed by atoms with van der Waals surface area (Å²) in [6.45, 7) is 8.63. The normalized spacial score (nSPS) is 21.3. The van der Waals surface area contributed by atoms with E-state index in [1.54, 1.807) is 0 Å². The Morgan fingerprint density at radius 3 is 2.25 bits per heavy atom. The molecule has 110 valence electrons. The van der Waals surface area contributed by atoms with Crippen LogP contribution in [0.25, 0.3) is 0 Å². The van der Waals surface area contributed by atoms with Gasteiger partial charge in [-0.1, -0.05) is 0 Å². The second-order valence-corrected chi connectivity index (χ2v) is 6.01. The molecule has 2 aliphatic heterocycles. The summed E-state index contributed by atoms with van der Waals surface area (Å²) < 4.78 is 0. The van der Waals surface area contributed by atoms with Gasteiger partial charge in [0.05, 0.1) is 0 Å². The minimum absolute atomic E-state index is 0.929. The molecule has 0 unspecified atom stereocenters. The fourth-order valence-corrected chi connectivity index (χ4v) is 2.97. The molecule has 3 heterocycles. The molecule has 0 radical (unpaired) electrons. The third-order valence-electron chi connectivity index (χ3n) is 4.30. The van der Waals surface area contributed by atoms with Crippen LogP contribution in [0.4, 0.5) is 11.8 Å². The van der Waals surface area contributed by atoms with Crippen LogP contribution in [-0.2, 0) is 0 Å². The first-order valence-electron chi connectivity index (χ1n) is 7.76. The van der Waals surface area contributed by atoms with Crippen molar-refractivity contribution in [3.05, 3.63) is 11.8 Å². The van der Waals surface area contributed by atoms with Crippen LogP contribution in [0.15, 0.2) is 6.07 Å². The third kappa shape index (κ3) is 3.03. The van der Waals surface area contributed by atoms with Crippen molar-refractivity contribution in [1.29, 1.82) is 0 Å². The van der Waals surface area contributed by atoms with Crippen molar-refractivity contribution in [2.45, 2.75) is 26.2 Å². The fraction of sp³-hybridized carbons (Fsp3) is 0.733. The summed E-state index contributed by atoms with van der Waals surface area (Å²) in [7, 11) is 2.18. The number of anilines is 2.